The number of carbonyl (C=O) groups is 1. The number of hydrogen-bond donors (Lipinski definition) is 2. The summed E-state index contributed by atoms with van der Waals surface area (Å²) >= 11 is 0. The van der Waals surface area contributed by atoms with Gasteiger partial charge in [-0.25, -0.2) is 9.18 Å². The third-order valence-corrected chi connectivity index (χ3v) is 2.73. The first-order valence-electron chi connectivity index (χ1n) is 6.50. The number of amides is 1. The van der Waals surface area contributed by atoms with Crippen molar-refractivity contribution in [1.82, 2.24) is 14.9 Å². The number of carbonyl (C=O) groups excluding carboxylic acids is 1. The molecule has 1 amide bonds. The molecule has 0 unspecified atom stereocenters. The number of halogens is 1. The lowest BCUT2D eigenvalue weighted by Crippen LogP contribution is -2.36. The lowest BCUT2D eigenvalue weighted by Gasteiger charge is -2.09. The fourth-order valence-electron chi connectivity index (χ4n) is 1.69. The van der Waals surface area contributed by atoms with E-state index in [9.17, 15) is 18.8 Å². The first-order valence-corrected chi connectivity index (χ1v) is 6.50. The molecule has 0 saturated carbocycles. The number of H-pyrrole nitrogens is 1. The van der Waals surface area contributed by atoms with Crippen molar-refractivity contribution in [3.8, 4) is 5.75 Å². The van der Waals surface area contributed by atoms with E-state index in [1.54, 1.807) is 12.1 Å². The van der Waals surface area contributed by atoms with Crippen LogP contribution in [0.3, 0.4) is 0 Å². The largest absolute Gasteiger partial charge is 0.489 e. The minimum atomic E-state index is -0.662. The number of para-hydroxylation sites is 1. The van der Waals surface area contributed by atoms with Crippen molar-refractivity contribution < 1.29 is 13.9 Å². The monoisotopic (exact) mass is 307 g/mol. The van der Waals surface area contributed by atoms with Crippen LogP contribution >= 0.6 is 0 Å². The normalized spacial score (nSPS) is 10.2. The van der Waals surface area contributed by atoms with Gasteiger partial charge in [0.1, 0.15) is 13.2 Å². The molecule has 0 radical (unpaired) electrons. The third kappa shape index (κ3) is 4.30. The Bertz CT molecular complexity index is 769. The first kappa shape index (κ1) is 15.5. The van der Waals surface area contributed by atoms with Gasteiger partial charge in [0.2, 0.25) is 5.91 Å². The second-order valence-corrected chi connectivity index (χ2v) is 4.37. The third-order valence-electron chi connectivity index (χ3n) is 2.73. The molecule has 0 saturated heterocycles. The van der Waals surface area contributed by atoms with Crippen LogP contribution in [-0.4, -0.2) is 28.6 Å². The van der Waals surface area contributed by atoms with Gasteiger partial charge in [-0.3, -0.25) is 19.1 Å². The summed E-state index contributed by atoms with van der Waals surface area (Å²) in [6.45, 7) is 0.0216. The van der Waals surface area contributed by atoms with Gasteiger partial charge in [-0.1, -0.05) is 12.1 Å². The van der Waals surface area contributed by atoms with Crippen LogP contribution in [0, 0.1) is 5.82 Å². The predicted octanol–water partition coefficient (Wildman–Crippen LogP) is -0.129. The number of aromatic nitrogens is 2. The van der Waals surface area contributed by atoms with E-state index in [-0.39, 0.29) is 25.4 Å². The molecular formula is C14H14FN3O4. The molecule has 7 nitrogen and oxygen atoms in total. The maximum absolute atomic E-state index is 13.3. The summed E-state index contributed by atoms with van der Waals surface area (Å²) in [5.74, 6) is -0.798. The van der Waals surface area contributed by atoms with Crippen LogP contribution in [0.25, 0.3) is 0 Å². The number of benzene rings is 1. The van der Waals surface area contributed by atoms with Crippen molar-refractivity contribution >= 4 is 5.91 Å². The van der Waals surface area contributed by atoms with E-state index in [4.69, 9.17) is 4.74 Å². The highest BCUT2D eigenvalue weighted by Gasteiger charge is 2.05. The Morgan fingerprint density at radius 2 is 2.05 bits per heavy atom. The summed E-state index contributed by atoms with van der Waals surface area (Å²) < 4.78 is 19.5. The molecule has 1 heterocycles. The zero-order valence-corrected chi connectivity index (χ0v) is 11.5. The average Bonchev–Trinajstić information content (AvgIpc) is 2.48. The highest BCUT2D eigenvalue weighted by molar-refractivity contribution is 5.75. The molecule has 0 aliphatic carbocycles. The molecule has 2 aromatic rings. The molecule has 0 fully saturated rings. The van der Waals surface area contributed by atoms with E-state index in [1.807, 2.05) is 4.98 Å². The molecule has 0 spiro atoms. The molecule has 22 heavy (non-hydrogen) atoms. The summed E-state index contributed by atoms with van der Waals surface area (Å²) in [4.78, 5) is 36.0. The Kier molecular flexibility index (Phi) is 5.07. The Labute approximate surface area is 124 Å². The second-order valence-electron chi connectivity index (χ2n) is 4.37. The number of ether oxygens (including phenoxy) is 1. The van der Waals surface area contributed by atoms with E-state index < -0.39 is 23.0 Å². The highest BCUT2D eigenvalue weighted by Crippen LogP contribution is 2.14. The Morgan fingerprint density at radius 1 is 1.27 bits per heavy atom. The van der Waals surface area contributed by atoms with Gasteiger partial charge in [-0.05, 0) is 12.1 Å². The molecule has 0 bridgehead atoms. The molecule has 8 heteroatoms. The quantitative estimate of drug-likeness (QED) is 0.727. The Morgan fingerprint density at radius 3 is 2.77 bits per heavy atom. The van der Waals surface area contributed by atoms with Crippen LogP contribution in [0.4, 0.5) is 4.39 Å². The van der Waals surface area contributed by atoms with Crippen LogP contribution < -0.4 is 21.3 Å². The summed E-state index contributed by atoms with van der Waals surface area (Å²) in [6, 6.07) is 7.09. The fourth-order valence-corrected chi connectivity index (χ4v) is 1.69. The zero-order valence-electron chi connectivity index (χ0n) is 11.5. The van der Waals surface area contributed by atoms with Gasteiger partial charge >= 0.3 is 5.69 Å². The van der Waals surface area contributed by atoms with Crippen molar-refractivity contribution in [2.75, 3.05) is 13.2 Å². The maximum atomic E-state index is 13.3. The van der Waals surface area contributed by atoms with Gasteiger partial charge in [0, 0.05) is 12.3 Å². The predicted molar refractivity (Wildman–Crippen MR) is 76.2 cm³/mol. The molecule has 2 N–H and O–H groups in total. The van der Waals surface area contributed by atoms with Gasteiger partial charge in [0.15, 0.2) is 11.6 Å². The van der Waals surface area contributed by atoms with Gasteiger partial charge in [-0.2, -0.15) is 0 Å². The van der Waals surface area contributed by atoms with Crippen LogP contribution in [0.1, 0.15) is 0 Å². The molecular weight excluding hydrogens is 293 g/mol. The zero-order chi connectivity index (χ0) is 15.9. The first-order chi connectivity index (χ1) is 10.6. The van der Waals surface area contributed by atoms with Crippen molar-refractivity contribution in [2.45, 2.75) is 6.54 Å². The molecule has 2 rings (SSSR count). The van der Waals surface area contributed by atoms with Crippen LogP contribution in [0.2, 0.25) is 0 Å². The van der Waals surface area contributed by atoms with Crippen molar-refractivity contribution in [3.63, 3.8) is 0 Å². The van der Waals surface area contributed by atoms with Crippen LogP contribution in [0.15, 0.2) is 46.1 Å². The van der Waals surface area contributed by atoms with Crippen molar-refractivity contribution in [2.24, 2.45) is 0 Å². The Balaban J connectivity index is 1.77. The second kappa shape index (κ2) is 7.21. The number of nitrogens with zero attached hydrogens (tertiary/aromatic N) is 1. The molecule has 1 aromatic carbocycles. The number of aromatic amines is 1. The standard InChI is InChI=1S/C14H14FN3O4/c15-10-3-1-2-4-11(10)22-8-6-16-13(20)9-18-7-5-12(19)17-14(18)21/h1-5,7H,6,8-9H2,(H,16,20)(H,17,19,21). The van der Waals surface area contributed by atoms with Gasteiger partial charge < -0.3 is 10.1 Å². The summed E-state index contributed by atoms with van der Waals surface area (Å²) in [5.41, 5.74) is -1.19. The van der Waals surface area contributed by atoms with Crippen molar-refractivity contribution in [3.05, 3.63) is 63.2 Å². The number of hydrogen-bond acceptors (Lipinski definition) is 4. The lowest BCUT2D eigenvalue weighted by atomic mass is 10.3. The topological polar surface area (TPSA) is 93.2 Å². The van der Waals surface area contributed by atoms with Gasteiger partial charge in [-0.15, -0.1) is 0 Å². The average molecular weight is 307 g/mol. The van der Waals surface area contributed by atoms with Crippen LogP contribution in [0.5, 0.6) is 5.75 Å². The minimum absolute atomic E-state index is 0.0905. The number of nitrogens with one attached hydrogen (secondary N) is 2. The molecule has 1 aromatic heterocycles. The van der Waals surface area contributed by atoms with E-state index >= 15 is 0 Å². The smallest absolute Gasteiger partial charge is 0.328 e. The lowest BCUT2D eigenvalue weighted by molar-refractivity contribution is -0.121. The van der Waals surface area contributed by atoms with E-state index in [1.165, 1.54) is 18.3 Å². The summed E-state index contributed by atoms with van der Waals surface area (Å²) in [6.07, 6.45) is 1.23. The van der Waals surface area contributed by atoms with Crippen molar-refractivity contribution in [1.29, 1.82) is 0 Å². The Hall–Kier alpha value is -2.90. The molecule has 0 atom stereocenters. The molecule has 0 aliphatic heterocycles. The van der Waals surface area contributed by atoms with Crippen LogP contribution in [-0.2, 0) is 11.3 Å². The van der Waals surface area contributed by atoms with Gasteiger partial charge in [0.05, 0.1) is 6.54 Å². The summed E-state index contributed by atoms with van der Waals surface area (Å²) in [5, 5.41) is 2.52. The maximum Gasteiger partial charge on any atom is 0.328 e. The number of rotatable bonds is 6. The van der Waals surface area contributed by atoms with E-state index in [2.05, 4.69) is 5.32 Å². The van der Waals surface area contributed by atoms with Gasteiger partial charge in [0.25, 0.3) is 5.56 Å². The summed E-state index contributed by atoms with van der Waals surface area (Å²) in [7, 11) is 0. The minimum Gasteiger partial charge on any atom is -0.489 e. The molecule has 0 aliphatic rings. The van der Waals surface area contributed by atoms with E-state index in [0.717, 1.165) is 10.6 Å². The highest BCUT2D eigenvalue weighted by atomic mass is 19.1. The molecule has 116 valence electrons. The van der Waals surface area contributed by atoms with E-state index in [0.29, 0.717) is 0 Å². The SMILES string of the molecule is O=C(Cn1ccc(=O)[nH]c1=O)NCCOc1ccccc1F. The fraction of sp³-hybridized carbons (Fsp3) is 0.214.